The van der Waals surface area contributed by atoms with Crippen molar-refractivity contribution in [3.8, 4) is 0 Å². The van der Waals surface area contributed by atoms with Gasteiger partial charge in [-0.1, -0.05) is 60.7 Å². The largest absolute Gasteiger partial charge is 0.459 e. The summed E-state index contributed by atoms with van der Waals surface area (Å²) < 4.78 is 20.7. The average molecular weight is 494 g/mol. The summed E-state index contributed by atoms with van der Waals surface area (Å²) in [5.41, 5.74) is 1.32. The van der Waals surface area contributed by atoms with E-state index < -0.39 is 29.7 Å². The van der Waals surface area contributed by atoms with E-state index in [1.54, 1.807) is 0 Å². The van der Waals surface area contributed by atoms with Gasteiger partial charge in [-0.3, -0.25) is 9.59 Å². The van der Waals surface area contributed by atoms with Gasteiger partial charge in [0.2, 0.25) is 0 Å². The van der Waals surface area contributed by atoms with Crippen molar-refractivity contribution in [2.24, 2.45) is 0 Å². The van der Waals surface area contributed by atoms with E-state index in [2.05, 4.69) is 0 Å². The fourth-order valence-corrected chi connectivity index (χ4v) is 3.12. The summed E-state index contributed by atoms with van der Waals surface area (Å²) in [6.07, 6.45) is 3.91. The van der Waals surface area contributed by atoms with E-state index in [-0.39, 0.29) is 31.9 Å². The van der Waals surface area contributed by atoms with Gasteiger partial charge in [-0.05, 0) is 23.3 Å². The van der Waals surface area contributed by atoms with Crippen LogP contribution in [-0.4, -0.2) is 47.7 Å². The second kappa shape index (κ2) is 12.3. The number of allylic oxidation sites excluding steroid dienone is 2. The zero-order valence-electron chi connectivity index (χ0n) is 20.0. The van der Waals surface area contributed by atoms with Crippen LogP contribution < -0.4 is 0 Å². The molecule has 2 aromatic carbocycles. The highest BCUT2D eigenvalue weighted by molar-refractivity contribution is 6.15. The van der Waals surface area contributed by atoms with Crippen LogP contribution >= 0.6 is 0 Å². The highest BCUT2D eigenvalue weighted by Gasteiger charge is 2.38. The molecule has 0 spiro atoms. The highest BCUT2D eigenvalue weighted by atomic mass is 16.7. The molecule has 1 fully saturated rings. The van der Waals surface area contributed by atoms with Gasteiger partial charge >= 0.3 is 23.9 Å². The molecule has 36 heavy (non-hydrogen) atoms. The Balaban J connectivity index is 1.64. The molecule has 1 saturated heterocycles. The first-order valence-corrected chi connectivity index (χ1v) is 11.2. The normalized spacial score (nSPS) is 14.6. The van der Waals surface area contributed by atoms with Crippen molar-refractivity contribution in [1.82, 2.24) is 4.90 Å². The fraction of sp³-hybridized carbons (Fsp3) is 0.259. The predicted molar refractivity (Wildman–Crippen MR) is 128 cm³/mol. The molecule has 0 bridgehead atoms. The Morgan fingerprint density at radius 2 is 1.25 bits per heavy atom. The first-order chi connectivity index (χ1) is 17.2. The zero-order chi connectivity index (χ0) is 26.0. The number of cyclic esters (lactones) is 2. The topological polar surface area (TPSA) is 108 Å². The zero-order valence-corrected chi connectivity index (χ0v) is 20.0. The number of nitrogens with zero attached hydrogens (tertiary/aromatic N) is 1. The number of rotatable bonds is 10. The minimum absolute atomic E-state index is 0.0766. The van der Waals surface area contributed by atoms with Gasteiger partial charge in [-0.2, -0.15) is 0 Å². The minimum Gasteiger partial charge on any atom is -0.459 e. The van der Waals surface area contributed by atoms with Crippen LogP contribution in [0.1, 0.15) is 25.0 Å². The van der Waals surface area contributed by atoms with E-state index in [1.807, 2.05) is 60.7 Å². The Bertz CT molecular complexity index is 1060. The lowest BCUT2D eigenvalue weighted by molar-refractivity contribution is -0.222. The lowest BCUT2D eigenvalue weighted by Crippen LogP contribution is -2.41. The molecule has 0 amide bonds. The molecule has 1 aliphatic rings. The number of ether oxygens (including phenoxy) is 4. The molecule has 188 valence electrons. The van der Waals surface area contributed by atoms with Crippen LogP contribution in [0, 0.1) is 0 Å². The molecule has 0 aliphatic carbocycles. The Hall–Kier alpha value is -4.40. The molecule has 3 rings (SSSR count). The van der Waals surface area contributed by atoms with Crippen LogP contribution in [0.25, 0.3) is 0 Å². The Kier molecular flexibility index (Phi) is 8.99. The lowest BCUT2D eigenvalue weighted by atomic mass is 10.2. The number of hydrogen-bond acceptors (Lipinski definition) is 9. The summed E-state index contributed by atoms with van der Waals surface area (Å²) in [4.78, 5) is 50.4. The van der Waals surface area contributed by atoms with Gasteiger partial charge in [-0.25, -0.2) is 9.59 Å². The molecule has 1 aliphatic heterocycles. The SMILES string of the molecule is CC1(C)OC(=O)C(=CC=CN(CC(=O)OCc2ccccc2)CC(=O)OCc2ccccc2)C(=O)O1. The molecule has 2 aromatic rings. The molecule has 0 unspecified atom stereocenters. The van der Waals surface area contributed by atoms with Gasteiger partial charge in [0.15, 0.2) is 0 Å². The summed E-state index contributed by atoms with van der Waals surface area (Å²) in [6.45, 7) is 2.50. The average Bonchev–Trinajstić information content (AvgIpc) is 2.83. The molecular formula is C27H27NO8. The Labute approximate surface area is 208 Å². The highest BCUT2D eigenvalue weighted by Crippen LogP contribution is 2.22. The summed E-state index contributed by atoms with van der Waals surface area (Å²) in [5.74, 6) is -4.18. The maximum Gasteiger partial charge on any atom is 0.348 e. The van der Waals surface area contributed by atoms with E-state index in [4.69, 9.17) is 18.9 Å². The number of carbonyl (C=O) groups excluding carboxylic acids is 4. The Morgan fingerprint density at radius 3 is 1.69 bits per heavy atom. The van der Waals surface area contributed by atoms with Crippen molar-refractivity contribution in [2.75, 3.05) is 13.1 Å². The second-order valence-corrected chi connectivity index (χ2v) is 8.30. The molecule has 0 radical (unpaired) electrons. The van der Waals surface area contributed by atoms with Crippen LogP contribution in [-0.2, 0) is 51.3 Å². The second-order valence-electron chi connectivity index (χ2n) is 8.30. The van der Waals surface area contributed by atoms with Gasteiger partial charge in [0, 0.05) is 20.0 Å². The maximum absolute atomic E-state index is 12.4. The third-order valence-corrected chi connectivity index (χ3v) is 4.83. The van der Waals surface area contributed by atoms with Crippen molar-refractivity contribution < 1.29 is 38.1 Å². The molecule has 0 aromatic heterocycles. The van der Waals surface area contributed by atoms with Crippen molar-refractivity contribution in [2.45, 2.75) is 32.8 Å². The predicted octanol–water partition coefficient (Wildman–Crippen LogP) is 3.05. The van der Waals surface area contributed by atoms with Crippen molar-refractivity contribution >= 4 is 23.9 Å². The summed E-state index contributed by atoms with van der Waals surface area (Å²) >= 11 is 0. The van der Waals surface area contributed by atoms with Crippen molar-refractivity contribution in [3.05, 3.63) is 95.7 Å². The molecule has 0 N–H and O–H groups in total. The molecule has 0 atom stereocenters. The van der Waals surface area contributed by atoms with Crippen LogP contribution in [0.15, 0.2) is 84.6 Å². The molecule has 0 saturated carbocycles. The summed E-state index contributed by atoms with van der Waals surface area (Å²) in [6, 6.07) is 18.3. The summed E-state index contributed by atoms with van der Waals surface area (Å²) in [5, 5.41) is 0. The number of esters is 4. The van der Waals surface area contributed by atoms with Gasteiger partial charge in [0.05, 0.1) is 0 Å². The van der Waals surface area contributed by atoms with Crippen molar-refractivity contribution in [3.63, 3.8) is 0 Å². The lowest BCUT2D eigenvalue weighted by Gasteiger charge is -2.29. The standard InChI is InChI=1S/C27H27NO8/c1-27(2)35-25(31)22(26(32)36-27)14-9-15-28(16-23(29)33-18-20-10-5-3-6-11-20)17-24(30)34-19-21-12-7-4-8-13-21/h3-15H,16-19H2,1-2H3. The smallest absolute Gasteiger partial charge is 0.348 e. The molecular weight excluding hydrogens is 466 g/mol. The third kappa shape index (κ3) is 8.43. The number of benzene rings is 2. The van der Waals surface area contributed by atoms with E-state index in [0.29, 0.717) is 0 Å². The monoisotopic (exact) mass is 493 g/mol. The molecule has 9 heteroatoms. The third-order valence-electron chi connectivity index (χ3n) is 4.83. The van der Waals surface area contributed by atoms with Gasteiger partial charge in [-0.15, -0.1) is 0 Å². The van der Waals surface area contributed by atoms with Gasteiger partial charge in [0.1, 0.15) is 31.9 Å². The van der Waals surface area contributed by atoms with Crippen LogP contribution in [0.4, 0.5) is 0 Å². The van der Waals surface area contributed by atoms with Gasteiger partial charge in [0.25, 0.3) is 5.79 Å². The van der Waals surface area contributed by atoms with E-state index >= 15 is 0 Å². The summed E-state index contributed by atoms with van der Waals surface area (Å²) in [7, 11) is 0. The first kappa shape index (κ1) is 26.2. The number of hydrogen-bond donors (Lipinski definition) is 0. The number of carbonyl (C=O) groups is 4. The molecule has 1 heterocycles. The maximum atomic E-state index is 12.4. The van der Waals surface area contributed by atoms with E-state index in [9.17, 15) is 19.2 Å². The Morgan fingerprint density at radius 1 is 0.806 bits per heavy atom. The van der Waals surface area contributed by atoms with Crippen LogP contribution in [0.2, 0.25) is 0 Å². The molecule has 9 nitrogen and oxygen atoms in total. The van der Waals surface area contributed by atoms with Crippen molar-refractivity contribution in [1.29, 1.82) is 0 Å². The van der Waals surface area contributed by atoms with Crippen LogP contribution in [0.5, 0.6) is 0 Å². The van der Waals surface area contributed by atoms with Crippen LogP contribution in [0.3, 0.4) is 0 Å². The first-order valence-electron chi connectivity index (χ1n) is 11.2. The minimum atomic E-state index is -1.35. The van der Waals surface area contributed by atoms with E-state index in [0.717, 1.165) is 11.1 Å². The fourth-order valence-electron chi connectivity index (χ4n) is 3.12. The quantitative estimate of drug-likeness (QED) is 0.214. The van der Waals surface area contributed by atoms with E-state index in [1.165, 1.54) is 37.1 Å². The van der Waals surface area contributed by atoms with Gasteiger partial charge < -0.3 is 23.8 Å².